The zero-order chi connectivity index (χ0) is 15.0. The Hall–Kier alpha value is -1.85. The smallest absolute Gasteiger partial charge is 0.291 e. The van der Waals surface area contributed by atoms with Gasteiger partial charge in [0.25, 0.3) is 5.91 Å². The number of hydrogen-bond donors (Lipinski definition) is 0. The number of aryl methyl sites for hydroxylation is 1. The van der Waals surface area contributed by atoms with E-state index in [4.69, 9.17) is 4.42 Å². The van der Waals surface area contributed by atoms with Crippen molar-refractivity contribution in [1.29, 1.82) is 0 Å². The molecule has 1 aromatic rings. The standard InChI is InChI=1S/C15H21N3O3/c1-10-14(21-9-16-10)15(20)18-7-6-12-11(8-18)4-3-5-13(19)17(12)2/h9,11-12H,3-8H2,1-2H3/t11-,12+/m0/s1. The fourth-order valence-corrected chi connectivity index (χ4v) is 3.53. The number of nitrogens with zero attached hydrogens (tertiary/aromatic N) is 3. The first-order chi connectivity index (χ1) is 10.1. The van der Waals surface area contributed by atoms with Gasteiger partial charge in [-0.1, -0.05) is 0 Å². The van der Waals surface area contributed by atoms with Crippen molar-refractivity contribution >= 4 is 11.8 Å². The Morgan fingerprint density at radius 3 is 2.95 bits per heavy atom. The maximum Gasteiger partial charge on any atom is 0.291 e. The first-order valence-electron chi connectivity index (χ1n) is 7.53. The maximum absolute atomic E-state index is 12.5. The Morgan fingerprint density at radius 1 is 1.43 bits per heavy atom. The Balaban J connectivity index is 1.74. The quantitative estimate of drug-likeness (QED) is 0.785. The lowest BCUT2D eigenvalue weighted by molar-refractivity contribution is -0.132. The number of amides is 2. The fraction of sp³-hybridized carbons (Fsp3) is 0.667. The molecule has 0 aromatic carbocycles. The number of oxazole rings is 1. The molecule has 0 radical (unpaired) electrons. The largest absolute Gasteiger partial charge is 0.438 e. The number of carbonyl (C=O) groups excluding carboxylic acids is 2. The van der Waals surface area contributed by atoms with Gasteiger partial charge in [0.2, 0.25) is 11.7 Å². The van der Waals surface area contributed by atoms with Crippen molar-refractivity contribution in [1.82, 2.24) is 14.8 Å². The second-order valence-corrected chi connectivity index (χ2v) is 6.03. The van der Waals surface area contributed by atoms with Gasteiger partial charge in [0.1, 0.15) is 0 Å². The minimum absolute atomic E-state index is 0.0818. The van der Waals surface area contributed by atoms with Crippen molar-refractivity contribution in [3.8, 4) is 0 Å². The molecule has 0 aliphatic carbocycles. The number of piperidine rings is 1. The van der Waals surface area contributed by atoms with Crippen molar-refractivity contribution in [2.45, 2.75) is 38.6 Å². The van der Waals surface area contributed by atoms with Gasteiger partial charge in [0, 0.05) is 32.6 Å². The van der Waals surface area contributed by atoms with Crippen LogP contribution in [0.25, 0.3) is 0 Å². The molecule has 21 heavy (non-hydrogen) atoms. The van der Waals surface area contributed by atoms with Crippen molar-refractivity contribution in [2.24, 2.45) is 5.92 Å². The molecular formula is C15H21N3O3. The molecule has 0 N–H and O–H groups in total. The van der Waals surface area contributed by atoms with Gasteiger partial charge in [0.15, 0.2) is 6.39 Å². The van der Waals surface area contributed by atoms with Crippen LogP contribution in [0.5, 0.6) is 0 Å². The molecule has 2 aliphatic rings. The van der Waals surface area contributed by atoms with Crippen molar-refractivity contribution < 1.29 is 14.0 Å². The van der Waals surface area contributed by atoms with Crippen LogP contribution in [0.2, 0.25) is 0 Å². The van der Waals surface area contributed by atoms with Gasteiger partial charge in [-0.15, -0.1) is 0 Å². The molecule has 1 aromatic heterocycles. The minimum Gasteiger partial charge on any atom is -0.438 e. The predicted molar refractivity (Wildman–Crippen MR) is 75.7 cm³/mol. The maximum atomic E-state index is 12.5. The average molecular weight is 291 g/mol. The van der Waals surface area contributed by atoms with E-state index in [0.29, 0.717) is 36.9 Å². The van der Waals surface area contributed by atoms with E-state index in [0.717, 1.165) is 19.3 Å². The number of hydrogen-bond acceptors (Lipinski definition) is 4. The number of carbonyl (C=O) groups is 2. The minimum atomic E-state index is -0.0818. The molecule has 2 saturated heterocycles. The summed E-state index contributed by atoms with van der Waals surface area (Å²) in [7, 11) is 1.89. The highest BCUT2D eigenvalue weighted by molar-refractivity contribution is 5.92. The number of rotatable bonds is 1. The van der Waals surface area contributed by atoms with Crippen LogP contribution in [-0.4, -0.2) is 52.8 Å². The summed E-state index contributed by atoms with van der Waals surface area (Å²) in [6.07, 6.45) is 4.69. The molecular weight excluding hydrogens is 270 g/mol. The monoisotopic (exact) mass is 291 g/mol. The van der Waals surface area contributed by atoms with Gasteiger partial charge < -0.3 is 14.2 Å². The third-order valence-electron chi connectivity index (χ3n) is 4.78. The third kappa shape index (κ3) is 2.54. The number of fused-ring (bicyclic) bond motifs is 1. The van der Waals surface area contributed by atoms with E-state index < -0.39 is 0 Å². The summed E-state index contributed by atoms with van der Waals surface area (Å²) in [6.45, 7) is 3.14. The zero-order valence-electron chi connectivity index (χ0n) is 12.5. The van der Waals surface area contributed by atoms with Gasteiger partial charge in [-0.25, -0.2) is 4.98 Å². The van der Waals surface area contributed by atoms with E-state index in [1.807, 2.05) is 16.8 Å². The van der Waals surface area contributed by atoms with Crippen molar-refractivity contribution in [3.05, 3.63) is 17.8 Å². The summed E-state index contributed by atoms with van der Waals surface area (Å²) < 4.78 is 5.21. The van der Waals surface area contributed by atoms with Crippen molar-refractivity contribution in [3.63, 3.8) is 0 Å². The lowest BCUT2D eigenvalue weighted by Gasteiger charge is -2.41. The van der Waals surface area contributed by atoms with Crippen LogP contribution in [0.4, 0.5) is 0 Å². The van der Waals surface area contributed by atoms with Crippen LogP contribution in [0.15, 0.2) is 10.8 Å². The van der Waals surface area contributed by atoms with E-state index in [2.05, 4.69) is 4.98 Å². The van der Waals surface area contributed by atoms with Gasteiger partial charge in [-0.3, -0.25) is 9.59 Å². The van der Waals surface area contributed by atoms with Crippen LogP contribution >= 0.6 is 0 Å². The van der Waals surface area contributed by atoms with Crippen LogP contribution in [0, 0.1) is 12.8 Å². The van der Waals surface area contributed by atoms with Crippen LogP contribution in [0.3, 0.4) is 0 Å². The molecule has 2 amide bonds. The Labute approximate surface area is 124 Å². The highest BCUT2D eigenvalue weighted by Gasteiger charge is 2.37. The molecule has 0 spiro atoms. The normalized spacial score (nSPS) is 26.5. The highest BCUT2D eigenvalue weighted by atomic mass is 16.3. The SMILES string of the molecule is Cc1ncoc1C(=O)N1CC[C@@H]2[C@@H](CCCC(=O)N2C)C1. The second kappa shape index (κ2) is 5.50. The molecule has 114 valence electrons. The second-order valence-electron chi connectivity index (χ2n) is 6.03. The highest BCUT2D eigenvalue weighted by Crippen LogP contribution is 2.30. The number of likely N-dealkylation sites (tertiary alicyclic amines) is 2. The summed E-state index contributed by atoms with van der Waals surface area (Å²) in [5.74, 6) is 0.851. The molecule has 2 atom stereocenters. The van der Waals surface area contributed by atoms with E-state index in [-0.39, 0.29) is 17.9 Å². The topological polar surface area (TPSA) is 66.7 Å². The van der Waals surface area contributed by atoms with E-state index >= 15 is 0 Å². The molecule has 0 unspecified atom stereocenters. The van der Waals surface area contributed by atoms with E-state index in [9.17, 15) is 9.59 Å². The Morgan fingerprint density at radius 2 is 2.24 bits per heavy atom. The molecule has 2 aliphatic heterocycles. The Bertz CT molecular complexity index is 554. The van der Waals surface area contributed by atoms with Gasteiger partial charge in [-0.2, -0.15) is 0 Å². The average Bonchev–Trinajstić information content (AvgIpc) is 2.85. The molecule has 6 nitrogen and oxygen atoms in total. The molecule has 3 rings (SSSR count). The molecule has 0 saturated carbocycles. The van der Waals surface area contributed by atoms with Gasteiger partial charge in [0.05, 0.1) is 5.69 Å². The lowest BCUT2D eigenvalue weighted by Crippen LogP contribution is -2.51. The van der Waals surface area contributed by atoms with Crippen molar-refractivity contribution in [2.75, 3.05) is 20.1 Å². The predicted octanol–water partition coefficient (Wildman–Crippen LogP) is 1.46. The Kier molecular flexibility index (Phi) is 3.69. The first kappa shape index (κ1) is 14.1. The lowest BCUT2D eigenvalue weighted by atomic mass is 9.88. The first-order valence-corrected chi connectivity index (χ1v) is 7.53. The fourth-order valence-electron chi connectivity index (χ4n) is 3.53. The zero-order valence-corrected chi connectivity index (χ0v) is 12.5. The molecule has 2 fully saturated rings. The summed E-state index contributed by atoms with van der Waals surface area (Å²) in [4.78, 5) is 32.2. The van der Waals surface area contributed by atoms with Crippen LogP contribution in [-0.2, 0) is 4.79 Å². The third-order valence-corrected chi connectivity index (χ3v) is 4.78. The van der Waals surface area contributed by atoms with E-state index in [1.165, 1.54) is 6.39 Å². The van der Waals surface area contributed by atoms with Crippen LogP contribution < -0.4 is 0 Å². The van der Waals surface area contributed by atoms with E-state index in [1.54, 1.807) is 6.92 Å². The summed E-state index contributed by atoms with van der Waals surface area (Å²) in [5.41, 5.74) is 0.635. The van der Waals surface area contributed by atoms with Crippen LogP contribution in [0.1, 0.15) is 41.9 Å². The molecule has 0 bridgehead atoms. The molecule has 6 heteroatoms. The summed E-state index contributed by atoms with van der Waals surface area (Å²) in [6, 6.07) is 0.264. The summed E-state index contributed by atoms with van der Waals surface area (Å²) >= 11 is 0. The van der Waals surface area contributed by atoms with Gasteiger partial charge >= 0.3 is 0 Å². The van der Waals surface area contributed by atoms with Gasteiger partial charge in [-0.05, 0) is 32.1 Å². The molecule has 3 heterocycles. The summed E-state index contributed by atoms with van der Waals surface area (Å²) in [5, 5.41) is 0. The number of aromatic nitrogens is 1.